The first-order valence-corrected chi connectivity index (χ1v) is 3.28. The lowest BCUT2D eigenvalue weighted by molar-refractivity contribution is 0.477. The Morgan fingerprint density at radius 1 is 1.50 bits per heavy atom. The van der Waals surface area contributed by atoms with E-state index in [1.54, 1.807) is 25.2 Å². The molecule has 0 unspecified atom stereocenters. The van der Waals surface area contributed by atoms with E-state index >= 15 is 0 Å². The second-order valence-corrected chi connectivity index (χ2v) is 2.35. The fraction of sp³-hybridized carbons (Fsp3) is 0.143. The number of benzene rings is 1. The molecule has 0 saturated heterocycles. The Morgan fingerprint density at radius 3 is 2.70 bits per heavy atom. The predicted molar refractivity (Wildman–Crippen MR) is 42.7 cm³/mol. The number of aromatic hydroxyl groups is 1. The van der Waals surface area contributed by atoms with E-state index in [4.69, 9.17) is 16.7 Å². The van der Waals surface area contributed by atoms with E-state index in [-0.39, 0.29) is 5.75 Å². The number of phenols is 1. The van der Waals surface area contributed by atoms with E-state index < -0.39 is 0 Å². The van der Waals surface area contributed by atoms with E-state index in [0.29, 0.717) is 10.7 Å². The molecule has 1 aromatic rings. The second kappa shape index (κ2) is 2.80. The minimum atomic E-state index is 0.215. The van der Waals surface area contributed by atoms with Crippen LogP contribution in [0.3, 0.4) is 0 Å². The number of hydrogen-bond donors (Lipinski definition) is 2. The lowest BCUT2D eigenvalue weighted by Gasteiger charge is -2.01. The van der Waals surface area contributed by atoms with Gasteiger partial charge < -0.3 is 10.4 Å². The van der Waals surface area contributed by atoms with Crippen LogP contribution in [-0.4, -0.2) is 12.2 Å². The molecule has 0 spiro atoms. The monoisotopic (exact) mass is 157 g/mol. The molecule has 0 atom stereocenters. The van der Waals surface area contributed by atoms with Crippen LogP contribution in [0.1, 0.15) is 0 Å². The van der Waals surface area contributed by atoms with Crippen molar-refractivity contribution < 1.29 is 5.11 Å². The third-order valence-corrected chi connectivity index (χ3v) is 1.46. The topological polar surface area (TPSA) is 32.3 Å². The quantitative estimate of drug-likeness (QED) is 0.612. The molecular formula is C7H8ClNO. The molecule has 0 aromatic heterocycles. The van der Waals surface area contributed by atoms with Crippen LogP contribution in [-0.2, 0) is 0 Å². The van der Waals surface area contributed by atoms with Crippen molar-refractivity contribution in [2.75, 3.05) is 12.4 Å². The summed E-state index contributed by atoms with van der Waals surface area (Å²) in [4.78, 5) is 0. The van der Waals surface area contributed by atoms with E-state index in [9.17, 15) is 0 Å². The Labute approximate surface area is 64.4 Å². The van der Waals surface area contributed by atoms with Crippen LogP contribution in [0.4, 0.5) is 5.69 Å². The molecule has 0 amide bonds. The average molecular weight is 158 g/mol. The van der Waals surface area contributed by atoms with Crippen LogP contribution in [0.2, 0.25) is 5.02 Å². The van der Waals surface area contributed by atoms with E-state index in [1.165, 1.54) is 0 Å². The Balaban J connectivity index is 3.09. The summed E-state index contributed by atoms with van der Waals surface area (Å²) in [5.41, 5.74) is 0.646. The van der Waals surface area contributed by atoms with Crippen LogP contribution < -0.4 is 5.32 Å². The van der Waals surface area contributed by atoms with Gasteiger partial charge in [0, 0.05) is 12.1 Å². The third kappa shape index (κ3) is 1.33. The molecule has 10 heavy (non-hydrogen) atoms. The van der Waals surface area contributed by atoms with Crippen molar-refractivity contribution in [3.8, 4) is 5.75 Å². The minimum Gasteiger partial charge on any atom is -0.506 e. The van der Waals surface area contributed by atoms with Crippen LogP contribution in [0.5, 0.6) is 5.75 Å². The number of halogens is 1. The van der Waals surface area contributed by atoms with Crippen LogP contribution in [0, 0.1) is 0 Å². The maximum Gasteiger partial charge on any atom is 0.138 e. The summed E-state index contributed by atoms with van der Waals surface area (Å²) in [5, 5.41) is 12.5. The first-order chi connectivity index (χ1) is 4.74. The first-order valence-electron chi connectivity index (χ1n) is 2.90. The first kappa shape index (κ1) is 7.22. The Kier molecular flexibility index (Phi) is 2.02. The third-order valence-electron chi connectivity index (χ3n) is 1.23. The van der Waals surface area contributed by atoms with Gasteiger partial charge in [-0.15, -0.1) is 0 Å². The molecule has 2 nitrogen and oxygen atoms in total. The molecule has 0 radical (unpaired) electrons. The lowest BCUT2D eigenvalue weighted by atomic mass is 10.3. The smallest absolute Gasteiger partial charge is 0.138 e. The van der Waals surface area contributed by atoms with Crippen LogP contribution >= 0.6 is 11.6 Å². The Bertz CT molecular complexity index is 237. The minimum absolute atomic E-state index is 0.215. The zero-order valence-corrected chi connectivity index (χ0v) is 6.31. The normalized spacial score (nSPS) is 9.40. The van der Waals surface area contributed by atoms with Crippen molar-refractivity contribution in [3.63, 3.8) is 0 Å². The van der Waals surface area contributed by atoms with Gasteiger partial charge in [-0.25, -0.2) is 0 Å². The number of nitrogens with one attached hydrogen (secondary N) is 1. The fourth-order valence-corrected chi connectivity index (χ4v) is 0.881. The molecule has 0 aliphatic carbocycles. The zero-order chi connectivity index (χ0) is 7.56. The number of hydrogen-bond acceptors (Lipinski definition) is 2. The van der Waals surface area contributed by atoms with Crippen LogP contribution in [0.15, 0.2) is 18.2 Å². The van der Waals surface area contributed by atoms with Crippen molar-refractivity contribution in [2.45, 2.75) is 0 Å². The van der Waals surface area contributed by atoms with E-state index in [1.807, 2.05) is 0 Å². The number of anilines is 1. The van der Waals surface area contributed by atoms with Crippen molar-refractivity contribution in [2.24, 2.45) is 0 Å². The predicted octanol–water partition coefficient (Wildman–Crippen LogP) is 2.09. The molecule has 0 aliphatic heterocycles. The molecule has 2 N–H and O–H groups in total. The van der Waals surface area contributed by atoms with Crippen molar-refractivity contribution in [1.29, 1.82) is 0 Å². The highest BCUT2D eigenvalue weighted by Crippen LogP contribution is 2.25. The van der Waals surface area contributed by atoms with Gasteiger partial charge in [-0.05, 0) is 18.2 Å². The summed E-state index contributed by atoms with van der Waals surface area (Å²) in [7, 11) is 1.73. The summed E-state index contributed by atoms with van der Waals surface area (Å²) in [6.07, 6.45) is 0. The van der Waals surface area contributed by atoms with Gasteiger partial charge in [0.1, 0.15) is 5.75 Å². The molecule has 3 heteroatoms. The van der Waals surface area contributed by atoms with Gasteiger partial charge >= 0.3 is 0 Å². The summed E-state index contributed by atoms with van der Waals surface area (Å²) in [6.45, 7) is 0. The summed E-state index contributed by atoms with van der Waals surface area (Å²) < 4.78 is 0. The Hall–Kier alpha value is -0.890. The van der Waals surface area contributed by atoms with Gasteiger partial charge in [-0.1, -0.05) is 11.6 Å². The highest BCUT2D eigenvalue weighted by Gasteiger charge is 1.96. The van der Waals surface area contributed by atoms with Gasteiger partial charge in [0.2, 0.25) is 0 Å². The van der Waals surface area contributed by atoms with Crippen molar-refractivity contribution in [1.82, 2.24) is 0 Å². The highest BCUT2D eigenvalue weighted by molar-refractivity contribution is 6.30. The molecule has 1 aromatic carbocycles. The van der Waals surface area contributed by atoms with Gasteiger partial charge in [-0.3, -0.25) is 0 Å². The fourth-order valence-electron chi connectivity index (χ4n) is 0.709. The Morgan fingerprint density at radius 2 is 2.20 bits per heavy atom. The molecular weight excluding hydrogens is 150 g/mol. The summed E-state index contributed by atoms with van der Waals surface area (Å²) >= 11 is 5.64. The lowest BCUT2D eigenvalue weighted by Crippen LogP contribution is -1.87. The van der Waals surface area contributed by atoms with Crippen LogP contribution in [0.25, 0.3) is 0 Å². The highest BCUT2D eigenvalue weighted by atomic mass is 35.5. The van der Waals surface area contributed by atoms with E-state index in [2.05, 4.69) is 5.32 Å². The second-order valence-electron chi connectivity index (χ2n) is 1.91. The molecule has 0 heterocycles. The number of phenolic OH excluding ortho intramolecular Hbond substituents is 1. The molecule has 1 rings (SSSR count). The standard InChI is InChI=1S/C7H8ClNO/c1-9-6-4-5(8)2-3-7(6)10/h2-4,9-10H,1H3. The van der Waals surface area contributed by atoms with Crippen molar-refractivity contribution in [3.05, 3.63) is 23.2 Å². The summed E-state index contributed by atoms with van der Waals surface area (Å²) in [5.74, 6) is 0.215. The van der Waals surface area contributed by atoms with Gasteiger partial charge in [0.05, 0.1) is 5.69 Å². The van der Waals surface area contributed by atoms with Gasteiger partial charge in [0.15, 0.2) is 0 Å². The largest absolute Gasteiger partial charge is 0.506 e. The molecule has 54 valence electrons. The number of rotatable bonds is 1. The van der Waals surface area contributed by atoms with Crippen molar-refractivity contribution >= 4 is 17.3 Å². The van der Waals surface area contributed by atoms with Gasteiger partial charge in [0.25, 0.3) is 0 Å². The molecule has 0 fully saturated rings. The maximum absolute atomic E-state index is 9.11. The molecule has 0 aliphatic rings. The van der Waals surface area contributed by atoms with Gasteiger partial charge in [-0.2, -0.15) is 0 Å². The summed E-state index contributed by atoms with van der Waals surface area (Å²) in [6, 6.07) is 4.85. The SMILES string of the molecule is CNc1cc(Cl)ccc1O. The van der Waals surface area contributed by atoms with E-state index in [0.717, 1.165) is 0 Å². The maximum atomic E-state index is 9.11. The zero-order valence-electron chi connectivity index (χ0n) is 5.56. The molecule has 0 bridgehead atoms. The average Bonchev–Trinajstić information content (AvgIpc) is 1.94. The molecule has 0 saturated carbocycles.